The molecule has 0 radical (unpaired) electrons. The predicted octanol–water partition coefficient (Wildman–Crippen LogP) is 3.88. The predicted molar refractivity (Wildman–Crippen MR) is 115 cm³/mol. The van der Waals surface area contributed by atoms with Gasteiger partial charge in [-0.2, -0.15) is 0 Å². The Balaban J connectivity index is 1.99. The maximum absolute atomic E-state index is 12.5. The van der Waals surface area contributed by atoms with Gasteiger partial charge in [0.1, 0.15) is 0 Å². The van der Waals surface area contributed by atoms with Crippen LogP contribution in [0.4, 0.5) is 0 Å². The first-order valence-electron chi connectivity index (χ1n) is 8.92. The number of ketones is 1. The van der Waals surface area contributed by atoms with Gasteiger partial charge in [0.05, 0.1) is 30.7 Å². The number of thiophene rings is 1. The van der Waals surface area contributed by atoms with Crippen LogP contribution in [0.15, 0.2) is 30.3 Å². The van der Waals surface area contributed by atoms with Gasteiger partial charge in [0, 0.05) is 17.9 Å². The van der Waals surface area contributed by atoms with Gasteiger partial charge in [-0.15, -0.1) is 11.3 Å². The third-order valence-corrected chi connectivity index (χ3v) is 5.33. The molecule has 7 nitrogen and oxygen atoms in total. The molecule has 0 aliphatic carbocycles. The van der Waals surface area contributed by atoms with Crippen LogP contribution in [-0.2, 0) is 20.9 Å². The van der Waals surface area contributed by atoms with Gasteiger partial charge in [-0.25, -0.2) is 4.79 Å². The standard InChI is InChI=1S/C21H22ClNO6S/c1-12(20(26)18-7-6-15(30-18)11-23-13(2)24)29-19(25)8-5-14-9-16(22)21(28-4)17(10-14)27-3/h5-10,12H,11H2,1-4H3,(H,23,24)/b8-5+. The molecule has 1 unspecified atom stereocenters. The van der Waals surface area contributed by atoms with E-state index >= 15 is 0 Å². The van der Waals surface area contributed by atoms with Gasteiger partial charge in [0.25, 0.3) is 0 Å². The minimum atomic E-state index is -0.955. The summed E-state index contributed by atoms with van der Waals surface area (Å²) in [5, 5.41) is 3.00. The first-order valence-corrected chi connectivity index (χ1v) is 10.1. The molecule has 2 aromatic rings. The lowest BCUT2D eigenvalue weighted by atomic mass is 10.2. The highest BCUT2D eigenvalue weighted by molar-refractivity contribution is 7.14. The van der Waals surface area contributed by atoms with Gasteiger partial charge >= 0.3 is 5.97 Å². The van der Waals surface area contributed by atoms with E-state index < -0.39 is 12.1 Å². The Morgan fingerprint density at radius 3 is 2.57 bits per heavy atom. The summed E-state index contributed by atoms with van der Waals surface area (Å²) in [4.78, 5) is 36.9. The number of rotatable bonds is 9. The summed E-state index contributed by atoms with van der Waals surface area (Å²) < 4.78 is 15.6. The number of carbonyl (C=O) groups excluding carboxylic acids is 3. The zero-order chi connectivity index (χ0) is 22.3. The van der Waals surface area contributed by atoms with Crippen molar-refractivity contribution in [2.45, 2.75) is 26.5 Å². The van der Waals surface area contributed by atoms with Crippen molar-refractivity contribution in [1.29, 1.82) is 0 Å². The summed E-state index contributed by atoms with van der Waals surface area (Å²) in [5.74, 6) is -0.316. The fourth-order valence-corrected chi connectivity index (χ4v) is 3.74. The zero-order valence-electron chi connectivity index (χ0n) is 17.0. The number of nitrogens with one attached hydrogen (secondary N) is 1. The molecule has 0 aliphatic rings. The lowest BCUT2D eigenvalue weighted by Crippen LogP contribution is -2.22. The molecule has 1 aromatic carbocycles. The lowest BCUT2D eigenvalue weighted by molar-refractivity contribution is -0.140. The van der Waals surface area contributed by atoms with Crippen molar-refractivity contribution < 1.29 is 28.6 Å². The molecule has 0 aliphatic heterocycles. The van der Waals surface area contributed by atoms with Crippen molar-refractivity contribution >= 4 is 46.7 Å². The third kappa shape index (κ3) is 6.33. The van der Waals surface area contributed by atoms with Crippen molar-refractivity contribution in [3.05, 3.63) is 50.7 Å². The number of carbonyl (C=O) groups is 3. The number of benzene rings is 1. The Morgan fingerprint density at radius 2 is 1.93 bits per heavy atom. The number of hydrogen-bond donors (Lipinski definition) is 1. The van der Waals surface area contributed by atoms with Gasteiger partial charge in [0.2, 0.25) is 11.7 Å². The van der Waals surface area contributed by atoms with E-state index in [1.807, 2.05) is 0 Å². The summed E-state index contributed by atoms with van der Waals surface area (Å²) in [6, 6.07) is 6.67. The Morgan fingerprint density at radius 1 is 1.20 bits per heavy atom. The Hall–Kier alpha value is -2.84. The molecule has 0 saturated heterocycles. The Labute approximate surface area is 183 Å². The fourth-order valence-electron chi connectivity index (χ4n) is 2.48. The summed E-state index contributed by atoms with van der Waals surface area (Å²) in [5.41, 5.74) is 0.606. The molecule has 30 heavy (non-hydrogen) atoms. The Kier molecular flexibility index (Phi) is 8.44. The first-order chi connectivity index (χ1) is 14.2. The second kappa shape index (κ2) is 10.8. The number of halogens is 1. The Bertz CT molecular complexity index is 968. The van der Waals surface area contributed by atoms with Crippen molar-refractivity contribution in [1.82, 2.24) is 5.32 Å². The topological polar surface area (TPSA) is 90.9 Å². The number of methoxy groups -OCH3 is 2. The molecule has 1 amide bonds. The van der Waals surface area contributed by atoms with Crippen LogP contribution in [-0.4, -0.2) is 38.0 Å². The van der Waals surface area contributed by atoms with E-state index in [0.29, 0.717) is 33.5 Å². The van der Waals surface area contributed by atoms with Crippen molar-refractivity contribution in [2.75, 3.05) is 14.2 Å². The summed E-state index contributed by atoms with van der Waals surface area (Å²) in [6.45, 7) is 3.28. The van der Waals surface area contributed by atoms with E-state index in [-0.39, 0.29) is 11.7 Å². The van der Waals surface area contributed by atoms with E-state index in [2.05, 4.69) is 5.32 Å². The van der Waals surface area contributed by atoms with Crippen LogP contribution in [0.25, 0.3) is 6.08 Å². The molecular weight excluding hydrogens is 430 g/mol. The highest BCUT2D eigenvalue weighted by Crippen LogP contribution is 2.36. The van der Waals surface area contributed by atoms with Crippen molar-refractivity contribution in [3.8, 4) is 11.5 Å². The smallest absolute Gasteiger partial charge is 0.331 e. The number of amides is 1. The average Bonchev–Trinajstić information content (AvgIpc) is 3.18. The molecule has 0 fully saturated rings. The quantitative estimate of drug-likeness (QED) is 0.353. The molecule has 160 valence electrons. The van der Waals surface area contributed by atoms with Crippen LogP contribution in [0.2, 0.25) is 5.02 Å². The second-order valence-corrected chi connectivity index (χ2v) is 7.77. The molecule has 0 spiro atoms. The average molecular weight is 452 g/mol. The third-order valence-electron chi connectivity index (χ3n) is 3.95. The largest absolute Gasteiger partial charge is 0.493 e. The van der Waals surface area contributed by atoms with E-state index in [9.17, 15) is 14.4 Å². The van der Waals surface area contributed by atoms with Gasteiger partial charge in [-0.1, -0.05) is 11.6 Å². The monoisotopic (exact) mass is 451 g/mol. The number of esters is 1. The van der Waals surface area contributed by atoms with Gasteiger partial charge in [-0.3, -0.25) is 9.59 Å². The molecule has 9 heteroatoms. The molecule has 1 atom stereocenters. The SMILES string of the molecule is COc1cc(/C=C/C(=O)OC(C)C(=O)c2ccc(CNC(C)=O)s2)cc(Cl)c1OC. The minimum Gasteiger partial charge on any atom is -0.493 e. The highest BCUT2D eigenvalue weighted by Gasteiger charge is 2.20. The van der Waals surface area contributed by atoms with Crippen LogP contribution in [0.3, 0.4) is 0 Å². The number of hydrogen-bond acceptors (Lipinski definition) is 7. The van der Waals surface area contributed by atoms with Crippen LogP contribution in [0.1, 0.15) is 34.0 Å². The van der Waals surface area contributed by atoms with Crippen LogP contribution < -0.4 is 14.8 Å². The van der Waals surface area contributed by atoms with Gasteiger partial charge in [-0.05, 0) is 42.8 Å². The van der Waals surface area contributed by atoms with Crippen molar-refractivity contribution in [3.63, 3.8) is 0 Å². The van der Waals surface area contributed by atoms with E-state index in [1.165, 1.54) is 51.6 Å². The molecule has 1 heterocycles. The zero-order valence-corrected chi connectivity index (χ0v) is 18.6. The van der Waals surface area contributed by atoms with Gasteiger partial charge in [0.15, 0.2) is 17.6 Å². The van der Waals surface area contributed by atoms with E-state index in [1.54, 1.807) is 24.3 Å². The van der Waals surface area contributed by atoms with Crippen LogP contribution in [0.5, 0.6) is 11.5 Å². The number of ether oxygens (including phenoxy) is 3. The first kappa shape index (κ1) is 23.4. The molecule has 1 aromatic heterocycles. The minimum absolute atomic E-state index is 0.152. The molecular formula is C21H22ClNO6S. The number of Topliss-reactive ketones (excluding diaryl/α,β-unsaturated/α-hetero) is 1. The van der Waals surface area contributed by atoms with Crippen molar-refractivity contribution in [2.24, 2.45) is 0 Å². The summed E-state index contributed by atoms with van der Waals surface area (Å²) >= 11 is 7.39. The second-order valence-electron chi connectivity index (χ2n) is 6.19. The maximum Gasteiger partial charge on any atom is 0.331 e. The summed E-state index contributed by atoms with van der Waals surface area (Å²) in [7, 11) is 2.96. The lowest BCUT2D eigenvalue weighted by Gasteiger charge is -2.11. The van der Waals surface area contributed by atoms with E-state index in [4.69, 9.17) is 25.8 Å². The maximum atomic E-state index is 12.5. The summed E-state index contributed by atoms with van der Waals surface area (Å²) in [6.07, 6.45) is 1.76. The molecule has 2 rings (SSSR count). The van der Waals surface area contributed by atoms with Gasteiger partial charge < -0.3 is 19.5 Å². The fraction of sp³-hybridized carbons (Fsp3) is 0.286. The normalized spacial score (nSPS) is 11.8. The van der Waals surface area contributed by atoms with E-state index in [0.717, 1.165) is 4.88 Å². The molecule has 0 bridgehead atoms. The van der Waals surface area contributed by atoms with Crippen LogP contribution >= 0.6 is 22.9 Å². The molecule has 1 N–H and O–H groups in total. The van der Waals surface area contributed by atoms with Crippen LogP contribution in [0, 0.1) is 0 Å². The highest BCUT2D eigenvalue weighted by atomic mass is 35.5. The molecule has 0 saturated carbocycles.